The van der Waals surface area contributed by atoms with Gasteiger partial charge in [0.1, 0.15) is 5.37 Å². The van der Waals surface area contributed by atoms with Crippen molar-refractivity contribution in [3.05, 3.63) is 0 Å². The topological polar surface area (TPSA) is 84.2 Å². The second kappa shape index (κ2) is 6.37. The minimum absolute atomic E-state index is 0.0384. The Morgan fingerprint density at radius 3 is 2.47 bits per heavy atom. The number of carbonyl (C=O) groups is 2. The minimum atomic E-state index is -0.590. The minimum Gasteiger partial charge on any atom is -0.345 e. The summed E-state index contributed by atoms with van der Waals surface area (Å²) >= 11 is 1.59. The molecule has 1 saturated heterocycles. The summed E-state index contributed by atoms with van der Waals surface area (Å²) in [7, 11) is 0. The van der Waals surface area contributed by atoms with Crippen LogP contribution < -0.4 is 16.4 Å². The number of amides is 1. The first-order chi connectivity index (χ1) is 7.93. The smallest absolute Gasteiger partial charge is 0.237 e. The van der Waals surface area contributed by atoms with E-state index in [1.54, 1.807) is 18.7 Å². The Labute approximate surface area is 106 Å². The molecule has 1 aliphatic heterocycles. The highest BCUT2D eigenvalue weighted by Crippen LogP contribution is 2.18. The number of rotatable bonds is 5. The van der Waals surface area contributed by atoms with Gasteiger partial charge in [-0.1, -0.05) is 13.8 Å². The van der Waals surface area contributed by atoms with E-state index in [1.807, 2.05) is 13.8 Å². The average molecular weight is 259 g/mol. The molecule has 5 nitrogen and oxygen atoms in total. The number of hydrogen-bond donors (Lipinski definition) is 3. The lowest BCUT2D eigenvalue weighted by Crippen LogP contribution is -2.53. The number of ketones is 1. The van der Waals surface area contributed by atoms with Crippen LogP contribution >= 0.6 is 11.8 Å². The van der Waals surface area contributed by atoms with Crippen molar-refractivity contribution in [1.29, 1.82) is 0 Å². The van der Waals surface area contributed by atoms with Gasteiger partial charge in [0.25, 0.3) is 0 Å². The monoisotopic (exact) mass is 259 g/mol. The lowest BCUT2D eigenvalue weighted by Gasteiger charge is -2.24. The Balaban J connectivity index is 2.64. The highest BCUT2D eigenvalue weighted by atomic mass is 32.2. The summed E-state index contributed by atoms with van der Waals surface area (Å²) < 4.78 is 0. The zero-order chi connectivity index (χ0) is 13.0. The number of hydrogen-bond acceptors (Lipinski definition) is 5. The summed E-state index contributed by atoms with van der Waals surface area (Å²) in [6.07, 6.45) is 0. The van der Waals surface area contributed by atoms with Gasteiger partial charge in [0.15, 0.2) is 5.78 Å². The third kappa shape index (κ3) is 3.97. The van der Waals surface area contributed by atoms with Gasteiger partial charge in [0, 0.05) is 12.3 Å². The van der Waals surface area contributed by atoms with Crippen molar-refractivity contribution in [3.8, 4) is 0 Å². The first kappa shape index (κ1) is 14.5. The van der Waals surface area contributed by atoms with Crippen molar-refractivity contribution in [3.63, 3.8) is 0 Å². The molecule has 3 atom stereocenters. The van der Waals surface area contributed by atoms with Gasteiger partial charge in [-0.15, -0.1) is 11.8 Å². The Morgan fingerprint density at radius 1 is 1.41 bits per heavy atom. The molecule has 1 fully saturated rings. The fourth-order valence-electron chi connectivity index (χ4n) is 1.62. The lowest BCUT2D eigenvalue weighted by molar-refractivity contribution is -0.129. The summed E-state index contributed by atoms with van der Waals surface area (Å²) in [5, 5.41) is 5.65. The van der Waals surface area contributed by atoms with E-state index in [2.05, 4.69) is 10.6 Å². The van der Waals surface area contributed by atoms with E-state index in [0.29, 0.717) is 0 Å². The Hall–Kier alpha value is -0.590. The normalized spacial score (nSPS) is 23.5. The number of thioether (sulfide) groups is 1. The van der Waals surface area contributed by atoms with Crippen molar-refractivity contribution >= 4 is 23.5 Å². The maximum absolute atomic E-state index is 12.2. The van der Waals surface area contributed by atoms with Crippen molar-refractivity contribution in [2.75, 3.05) is 12.3 Å². The van der Waals surface area contributed by atoms with Crippen LogP contribution in [-0.4, -0.2) is 41.4 Å². The Morgan fingerprint density at radius 2 is 2.06 bits per heavy atom. The molecule has 0 saturated carbocycles. The summed E-state index contributed by atoms with van der Waals surface area (Å²) in [6, 6.07) is -1.05. The van der Waals surface area contributed by atoms with Crippen molar-refractivity contribution in [1.82, 2.24) is 10.6 Å². The average Bonchev–Trinajstić information content (AvgIpc) is 2.77. The molecule has 4 N–H and O–H groups in total. The predicted octanol–water partition coefficient (Wildman–Crippen LogP) is -0.294. The van der Waals surface area contributed by atoms with Crippen molar-refractivity contribution < 1.29 is 9.59 Å². The van der Waals surface area contributed by atoms with Gasteiger partial charge in [-0.3, -0.25) is 14.9 Å². The van der Waals surface area contributed by atoms with E-state index in [4.69, 9.17) is 5.73 Å². The largest absolute Gasteiger partial charge is 0.345 e. The van der Waals surface area contributed by atoms with Crippen molar-refractivity contribution in [2.24, 2.45) is 11.7 Å². The van der Waals surface area contributed by atoms with E-state index in [9.17, 15) is 9.59 Å². The lowest BCUT2D eigenvalue weighted by atomic mass is 9.99. The van der Waals surface area contributed by atoms with Crippen molar-refractivity contribution in [2.45, 2.75) is 38.2 Å². The van der Waals surface area contributed by atoms with Crippen LogP contribution in [0, 0.1) is 5.92 Å². The summed E-state index contributed by atoms with van der Waals surface area (Å²) in [5.74, 6) is 0.757. The fourth-order valence-corrected chi connectivity index (χ4v) is 2.64. The zero-order valence-corrected chi connectivity index (χ0v) is 11.3. The quantitative estimate of drug-likeness (QED) is 0.631. The summed E-state index contributed by atoms with van der Waals surface area (Å²) in [6.45, 7) is 6.29. The zero-order valence-electron chi connectivity index (χ0n) is 10.5. The second-order valence-corrected chi connectivity index (χ2v) is 5.84. The molecule has 3 unspecified atom stereocenters. The maximum Gasteiger partial charge on any atom is 0.237 e. The molecule has 17 heavy (non-hydrogen) atoms. The first-order valence-electron chi connectivity index (χ1n) is 5.88. The van der Waals surface area contributed by atoms with E-state index in [-0.39, 0.29) is 23.0 Å². The molecular formula is C11H21N3O2S. The van der Waals surface area contributed by atoms with Crippen LogP contribution in [0.15, 0.2) is 0 Å². The molecule has 1 heterocycles. The molecule has 1 rings (SSSR count). The van der Waals surface area contributed by atoms with Gasteiger partial charge in [0.2, 0.25) is 5.91 Å². The molecule has 0 aromatic heterocycles. The molecule has 1 aliphatic rings. The van der Waals surface area contributed by atoms with Gasteiger partial charge in [-0.05, 0) is 12.8 Å². The first-order valence-corrected chi connectivity index (χ1v) is 6.93. The van der Waals surface area contributed by atoms with Crippen LogP contribution in [0.4, 0.5) is 0 Å². The van der Waals surface area contributed by atoms with Gasteiger partial charge in [-0.2, -0.15) is 0 Å². The molecule has 0 aliphatic carbocycles. The molecule has 0 aromatic rings. The van der Waals surface area contributed by atoms with Crippen LogP contribution in [0.5, 0.6) is 0 Å². The van der Waals surface area contributed by atoms with Gasteiger partial charge in [0.05, 0.1) is 12.1 Å². The predicted molar refractivity (Wildman–Crippen MR) is 69.7 cm³/mol. The van der Waals surface area contributed by atoms with Crippen LogP contribution in [0.3, 0.4) is 0 Å². The highest BCUT2D eigenvalue weighted by molar-refractivity contribution is 8.00. The molecule has 0 aromatic carbocycles. The number of carbonyl (C=O) groups excluding carboxylic acids is 2. The van der Waals surface area contributed by atoms with Gasteiger partial charge in [-0.25, -0.2) is 0 Å². The third-order valence-electron chi connectivity index (χ3n) is 2.66. The van der Waals surface area contributed by atoms with E-state index in [0.717, 1.165) is 12.3 Å². The van der Waals surface area contributed by atoms with E-state index >= 15 is 0 Å². The molecule has 0 bridgehead atoms. The molecule has 0 spiro atoms. The molecule has 6 heteroatoms. The third-order valence-corrected chi connectivity index (χ3v) is 3.83. The molecule has 98 valence electrons. The molecule has 0 radical (unpaired) electrons. The Bertz CT molecular complexity index is 288. The molecular weight excluding hydrogens is 238 g/mol. The summed E-state index contributed by atoms with van der Waals surface area (Å²) in [5.41, 5.74) is 5.49. The van der Waals surface area contributed by atoms with Crippen LogP contribution in [0.25, 0.3) is 0 Å². The number of nitrogens with one attached hydrogen (secondary N) is 2. The van der Waals surface area contributed by atoms with Crippen LogP contribution in [0.2, 0.25) is 0 Å². The maximum atomic E-state index is 12.2. The van der Waals surface area contributed by atoms with Crippen LogP contribution in [-0.2, 0) is 9.59 Å². The highest BCUT2D eigenvalue weighted by Gasteiger charge is 2.32. The molecule has 1 amide bonds. The van der Waals surface area contributed by atoms with E-state index in [1.165, 1.54) is 0 Å². The Kier molecular flexibility index (Phi) is 5.42. The second-order valence-electron chi connectivity index (χ2n) is 4.63. The SMILES string of the molecule is CC(N)C(=O)NC(C(=O)C1NCCS1)C(C)C. The van der Waals surface area contributed by atoms with Gasteiger partial charge < -0.3 is 11.1 Å². The summed E-state index contributed by atoms with van der Waals surface area (Å²) in [4.78, 5) is 23.8. The standard InChI is InChI=1S/C11H21N3O2S/c1-6(2)8(14-10(16)7(3)12)9(15)11-13-4-5-17-11/h6-8,11,13H,4-5,12H2,1-3H3,(H,14,16). The van der Waals surface area contributed by atoms with E-state index < -0.39 is 12.1 Å². The number of nitrogens with two attached hydrogens (primary N) is 1. The van der Waals surface area contributed by atoms with Gasteiger partial charge >= 0.3 is 0 Å². The number of Topliss-reactive ketones (excluding diaryl/α,β-unsaturated/α-hetero) is 1. The van der Waals surface area contributed by atoms with Crippen LogP contribution in [0.1, 0.15) is 20.8 Å². The fraction of sp³-hybridized carbons (Fsp3) is 0.818.